The summed E-state index contributed by atoms with van der Waals surface area (Å²) in [5, 5.41) is 15.1. The van der Waals surface area contributed by atoms with Crippen molar-refractivity contribution in [1.82, 2.24) is 14.2 Å². The zero-order valence-electron chi connectivity index (χ0n) is 13.3. The van der Waals surface area contributed by atoms with Crippen molar-refractivity contribution in [3.8, 4) is 22.6 Å². The monoisotopic (exact) mass is 343 g/mol. The molecule has 24 heavy (non-hydrogen) atoms. The number of benzene rings is 1. The van der Waals surface area contributed by atoms with Crippen LogP contribution in [0.1, 0.15) is 24.2 Å². The van der Waals surface area contributed by atoms with E-state index in [1.807, 2.05) is 23.6 Å². The molecule has 124 valence electrons. The van der Waals surface area contributed by atoms with Gasteiger partial charge >= 0.3 is 5.97 Å². The summed E-state index contributed by atoms with van der Waals surface area (Å²) < 4.78 is 11.6. The fraction of sp³-hybridized carbons (Fsp3) is 0.235. The SMILES string of the molecule is CC(C)COc1ccc(-n2cc(C(=O)O)cn2)cc1-c1cnsc1. The quantitative estimate of drug-likeness (QED) is 0.738. The van der Waals surface area contributed by atoms with Crippen molar-refractivity contribution in [2.45, 2.75) is 13.8 Å². The summed E-state index contributed by atoms with van der Waals surface area (Å²) >= 11 is 1.37. The first-order chi connectivity index (χ1) is 11.5. The molecule has 2 heterocycles. The fourth-order valence-electron chi connectivity index (χ4n) is 2.18. The maximum absolute atomic E-state index is 11.0. The molecular weight excluding hydrogens is 326 g/mol. The second kappa shape index (κ2) is 6.84. The van der Waals surface area contributed by atoms with Crippen LogP contribution in [0.5, 0.6) is 5.75 Å². The third kappa shape index (κ3) is 3.46. The highest BCUT2D eigenvalue weighted by Gasteiger charge is 2.13. The Bertz CT molecular complexity index is 841. The van der Waals surface area contributed by atoms with E-state index >= 15 is 0 Å². The van der Waals surface area contributed by atoms with Crippen molar-refractivity contribution in [1.29, 1.82) is 0 Å². The molecule has 3 aromatic rings. The molecule has 0 saturated carbocycles. The van der Waals surface area contributed by atoms with Gasteiger partial charge < -0.3 is 9.84 Å². The molecule has 0 bridgehead atoms. The Kier molecular flexibility index (Phi) is 4.61. The molecule has 7 heteroatoms. The lowest BCUT2D eigenvalue weighted by Crippen LogP contribution is -2.06. The van der Waals surface area contributed by atoms with Gasteiger partial charge in [-0.1, -0.05) is 13.8 Å². The highest BCUT2D eigenvalue weighted by Crippen LogP contribution is 2.33. The van der Waals surface area contributed by atoms with Gasteiger partial charge in [-0.15, -0.1) is 0 Å². The normalized spacial score (nSPS) is 11.0. The van der Waals surface area contributed by atoms with Crippen LogP contribution in [0.4, 0.5) is 0 Å². The van der Waals surface area contributed by atoms with Crippen molar-refractivity contribution >= 4 is 17.5 Å². The Hall–Kier alpha value is -2.67. The van der Waals surface area contributed by atoms with E-state index in [1.165, 1.54) is 23.9 Å². The molecule has 0 unspecified atom stereocenters. The lowest BCUT2D eigenvalue weighted by atomic mass is 10.1. The van der Waals surface area contributed by atoms with Crippen molar-refractivity contribution < 1.29 is 14.6 Å². The topological polar surface area (TPSA) is 77.2 Å². The highest BCUT2D eigenvalue weighted by atomic mass is 32.1. The molecule has 0 fully saturated rings. The maximum atomic E-state index is 11.0. The molecule has 3 rings (SSSR count). The average molecular weight is 343 g/mol. The molecule has 1 aromatic carbocycles. The van der Waals surface area contributed by atoms with Gasteiger partial charge in [-0.3, -0.25) is 0 Å². The number of hydrogen-bond acceptors (Lipinski definition) is 5. The van der Waals surface area contributed by atoms with Crippen LogP contribution in [-0.4, -0.2) is 31.8 Å². The van der Waals surface area contributed by atoms with E-state index in [0.29, 0.717) is 12.5 Å². The van der Waals surface area contributed by atoms with Gasteiger partial charge in [0.15, 0.2) is 0 Å². The minimum Gasteiger partial charge on any atom is -0.493 e. The molecule has 1 N–H and O–H groups in total. The Balaban J connectivity index is 2.00. The standard InChI is InChI=1S/C17H17N3O3S/c1-11(2)9-23-16-4-3-14(5-15(16)13-7-19-24-10-13)20-8-12(6-18-20)17(21)22/h3-8,10-11H,9H2,1-2H3,(H,21,22). The number of carboxylic acid groups (broad SMARTS) is 1. The largest absolute Gasteiger partial charge is 0.493 e. The Morgan fingerprint density at radius 3 is 2.83 bits per heavy atom. The highest BCUT2D eigenvalue weighted by molar-refractivity contribution is 7.03. The van der Waals surface area contributed by atoms with Crippen molar-refractivity contribution in [3.05, 3.63) is 47.7 Å². The molecule has 0 radical (unpaired) electrons. The number of carboxylic acids is 1. The molecule has 6 nitrogen and oxygen atoms in total. The van der Waals surface area contributed by atoms with Crippen LogP contribution in [0.3, 0.4) is 0 Å². The molecular formula is C17H17N3O3S. The number of aromatic carboxylic acids is 1. The maximum Gasteiger partial charge on any atom is 0.338 e. The summed E-state index contributed by atoms with van der Waals surface area (Å²) in [5.41, 5.74) is 2.79. The number of aromatic nitrogens is 3. The predicted molar refractivity (Wildman–Crippen MR) is 92.0 cm³/mol. The van der Waals surface area contributed by atoms with Gasteiger partial charge in [0.05, 0.1) is 24.1 Å². The van der Waals surface area contributed by atoms with Gasteiger partial charge in [0.1, 0.15) is 5.75 Å². The zero-order valence-corrected chi connectivity index (χ0v) is 14.2. The van der Waals surface area contributed by atoms with Gasteiger partial charge in [-0.2, -0.15) is 5.10 Å². The minimum atomic E-state index is -1.000. The summed E-state index contributed by atoms with van der Waals surface area (Å²) in [6, 6.07) is 5.67. The van der Waals surface area contributed by atoms with E-state index in [9.17, 15) is 4.79 Å². The lowest BCUT2D eigenvalue weighted by molar-refractivity contribution is 0.0697. The Morgan fingerprint density at radius 2 is 2.21 bits per heavy atom. The number of hydrogen-bond donors (Lipinski definition) is 1. The van der Waals surface area contributed by atoms with Crippen LogP contribution in [0.25, 0.3) is 16.8 Å². The van der Waals surface area contributed by atoms with Crippen LogP contribution in [0.2, 0.25) is 0 Å². The third-order valence-corrected chi connectivity index (χ3v) is 3.96. The molecule has 0 aliphatic rings. The van der Waals surface area contributed by atoms with Gasteiger partial charge in [0, 0.05) is 28.9 Å². The predicted octanol–water partition coefficient (Wildman–Crippen LogP) is 3.73. The van der Waals surface area contributed by atoms with Crippen LogP contribution in [0.15, 0.2) is 42.2 Å². The van der Waals surface area contributed by atoms with E-state index in [2.05, 4.69) is 23.3 Å². The summed E-state index contributed by atoms with van der Waals surface area (Å²) in [6.45, 7) is 4.81. The molecule has 0 aliphatic carbocycles. The van der Waals surface area contributed by atoms with E-state index in [1.54, 1.807) is 10.9 Å². The first-order valence-electron chi connectivity index (χ1n) is 7.49. The number of carbonyl (C=O) groups is 1. The van der Waals surface area contributed by atoms with Crippen LogP contribution in [-0.2, 0) is 0 Å². The third-order valence-electron chi connectivity index (χ3n) is 3.37. The zero-order chi connectivity index (χ0) is 17.1. The smallest absolute Gasteiger partial charge is 0.338 e. The molecule has 0 saturated heterocycles. The van der Waals surface area contributed by atoms with Crippen molar-refractivity contribution in [2.24, 2.45) is 5.92 Å². The number of ether oxygens (including phenoxy) is 1. The van der Waals surface area contributed by atoms with E-state index in [-0.39, 0.29) is 5.56 Å². The summed E-state index contributed by atoms with van der Waals surface area (Å²) in [7, 11) is 0. The first kappa shape index (κ1) is 16.2. The second-order valence-electron chi connectivity index (χ2n) is 5.78. The van der Waals surface area contributed by atoms with Gasteiger partial charge in [-0.05, 0) is 35.6 Å². The Morgan fingerprint density at radius 1 is 1.38 bits per heavy atom. The van der Waals surface area contributed by atoms with Gasteiger partial charge in [0.2, 0.25) is 0 Å². The molecule has 0 spiro atoms. The van der Waals surface area contributed by atoms with Gasteiger partial charge in [0.25, 0.3) is 0 Å². The summed E-state index contributed by atoms with van der Waals surface area (Å²) in [4.78, 5) is 11.0. The van der Waals surface area contributed by atoms with Gasteiger partial charge in [-0.25, -0.2) is 13.8 Å². The summed E-state index contributed by atoms with van der Waals surface area (Å²) in [6.07, 6.45) is 4.61. The van der Waals surface area contributed by atoms with E-state index < -0.39 is 5.97 Å². The minimum absolute atomic E-state index is 0.147. The Labute approximate surface area is 143 Å². The van der Waals surface area contributed by atoms with E-state index in [4.69, 9.17) is 9.84 Å². The molecule has 2 aromatic heterocycles. The fourth-order valence-corrected chi connectivity index (χ4v) is 2.72. The van der Waals surface area contributed by atoms with E-state index in [0.717, 1.165) is 22.6 Å². The average Bonchev–Trinajstić information content (AvgIpc) is 3.24. The van der Waals surface area contributed by atoms with Crippen molar-refractivity contribution in [3.63, 3.8) is 0 Å². The first-order valence-corrected chi connectivity index (χ1v) is 8.33. The number of rotatable bonds is 6. The molecule has 0 amide bonds. The van der Waals surface area contributed by atoms with Crippen LogP contribution >= 0.6 is 11.5 Å². The number of nitrogens with zero attached hydrogens (tertiary/aromatic N) is 3. The molecule has 0 aliphatic heterocycles. The van der Waals surface area contributed by atoms with Crippen molar-refractivity contribution in [2.75, 3.05) is 6.61 Å². The molecule has 0 atom stereocenters. The summed E-state index contributed by atoms with van der Waals surface area (Å²) in [5.74, 6) is 0.195. The second-order valence-corrected chi connectivity index (χ2v) is 6.43. The lowest BCUT2D eigenvalue weighted by Gasteiger charge is -2.14. The van der Waals surface area contributed by atoms with Crippen LogP contribution in [0, 0.1) is 5.92 Å². The van der Waals surface area contributed by atoms with Crippen LogP contribution < -0.4 is 4.74 Å².